The summed E-state index contributed by atoms with van der Waals surface area (Å²) in [4.78, 5) is 4.66. The molecule has 3 heterocycles. The number of ether oxygens (including phenoxy) is 1. The molecular weight excluding hydrogens is 338 g/mol. The Morgan fingerprint density at radius 2 is 1.96 bits per heavy atom. The lowest BCUT2D eigenvalue weighted by Gasteiger charge is -2.27. The molecule has 2 aliphatic rings. The predicted molar refractivity (Wildman–Crippen MR) is 94.1 cm³/mol. The minimum Gasteiger partial charge on any atom is -0.381 e. The highest BCUT2D eigenvalue weighted by Crippen LogP contribution is 2.37. The van der Waals surface area contributed by atoms with E-state index >= 15 is 0 Å². The SMILES string of the molecule is NC(c1cnn2cc(CC3CCC(F)(F)CC3)nc2c1)C1CCOCC1. The van der Waals surface area contributed by atoms with Gasteiger partial charge in [-0.25, -0.2) is 18.3 Å². The van der Waals surface area contributed by atoms with Crippen LogP contribution in [0.15, 0.2) is 18.5 Å². The molecule has 1 saturated carbocycles. The van der Waals surface area contributed by atoms with E-state index in [4.69, 9.17) is 10.5 Å². The Morgan fingerprint density at radius 1 is 1.23 bits per heavy atom. The monoisotopic (exact) mass is 364 g/mol. The number of alkyl halides is 2. The van der Waals surface area contributed by atoms with Crippen molar-refractivity contribution < 1.29 is 13.5 Å². The Kier molecular flexibility index (Phi) is 4.92. The van der Waals surface area contributed by atoms with Crippen molar-refractivity contribution in [2.75, 3.05) is 13.2 Å². The van der Waals surface area contributed by atoms with Crippen LogP contribution in [0.5, 0.6) is 0 Å². The van der Waals surface area contributed by atoms with Crippen molar-refractivity contribution >= 4 is 5.65 Å². The van der Waals surface area contributed by atoms with Crippen LogP contribution in [0.3, 0.4) is 0 Å². The largest absolute Gasteiger partial charge is 0.381 e. The molecule has 1 unspecified atom stereocenters. The highest BCUT2D eigenvalue weighted by Gasteiger charge is 2.35. The maximum Gasteiger partial charge on any atom is 0.248 e. The van der Waals surface area contributed by atoms with Crippen molar-refractivity contribution in [2.24, 2.45) is 17.6 Å². The molecule has 1 atom stereocenters. The number of imidazole rings is 1. The molecule has 2 fully saturated rings. The molecule has 5 nitrogen and oxygen atoms in total. The summed E-state index contributed by atoms with van der Waals surface area (Å²) in [6, 6.07) is 1.95. The third-order valence-electron chi connectivity index (χ3n) is 5.88. The van der Waals surface area contributed by atoms with Crippen molar-refractivity contribution in [3.05, 3.63) is 29.7 Å². The number of fused-ring (bicyclic) bond motifs is 1. The molecule has 2 N–H and O–H groups in total. The van der Waals surface area contributed by atoms with Gasteiger partial charge in [-0.15, -0.1) is 0 Å². The third-order valence-corrected chi connectivity index (χ3v) is 5.88. The van der Waals surface area contributed by atoms with E-state index in [0.717, 1.165) is 49.4 Å². The molecule has 0 radical (unpaired) electrons. The third kappa shape index (κ3) is 3.88. The first kappa shape index (κ1) is 17.8. The van der Waals surface area contributed by atoms with Crippen LogP contribution in [0.2, 0.25) is 0 Å². The summed E-state index contributed by atoms with van der Waals surface area (Å²) in [7, 11) is 0. The number of rotatable bonds is 4. The zero-order valence-electron chi connectivity index (χ0n) is 14.9. The van der Waals surface area contributed by atoms with Gasteiger partial charge in [0.05, 0.1) is 18.1 Å². The first-order valence-electron chi connectivity index (χ1n) is 9.55. The number of nitrogens with two attached hydrogens (primary N) is 1. The predicted octanol–water partition coefficient (Wildman–Crippen LogP) is 3.52. The molecule has 142 valence electrons. The van der Waals surface area contributed by atoms with Crippen molar-refractivity contribution in [1.29, 1.82) is 0 Å². The molecule has 0 spiro atoms. The molecule has 0 aromatic carbocycles. The fourth-order valence-electron chi connectivity index (χ4n) is 4.17. The molecule has 2 aromatic rings. The lowest BCUT2D eigenvalue weighted by atomic mass is 9.84. The summed E-state index contributed by atoms with van der Waals surface area (Å²) in [5.41, 5.74) is 9.14. The number of hydrogen-bond acceptors (Lipinski definition) is 4. The van der Waals surface area contributed by atoms with Gasteiger partial charge >= 0.3 is 0 Å². The van der Waals surface area contributed by atoms with Crippen molar-refractivity contribution in [2.45, 2.75) is 56.9 Å². The quantitative estimate of drug-likeness (QED) is 0.901. The second-order valence-electron chi connectivity index (χ2n) is 7.80. The minimum atomic E-state index is -2.48. The molecule has 26 heavy (non-hydrogen) atoms. The molecule has 1 saturated heterocycles. The van der Waals surface area contributed by atoms with Crippen LogP contribution in [-0.2, 0) is 11.2 Å². The summed E-state index contributed by atoms with van der Waals surface area (Å²) in [6.45, 7) is 1.53. The Labute approximate surface area is 151 Å². The van der Waals surface area contributed by atoms with Gasteiger partial charge in [-0.05, 0) is 55.6 Å². The molecule has 1 aliphatic heterocycles. The first-order chi connectivity index (χ1) is 12.5. The Balaban J connectivity index is 1.45. The highest BCUT2D eigenvalue weighted by atomic mass is 19.3. The topological polar surface area (TPSA) is 65.4 Å². The van der Waals surface area contributed by atoms with E-state index in [1.54, 1.807) is 4.52 Å². The number of nitrogens with zero attached hydrogens (tertiary/aromatic N) is 3. The number of hydrogen-bond donors (Lipinski definition) is 1. The van der Waals surface area contributed by atoms with Gasteiger partial charge in [0, 0.05) is 32.1 Å². The second-order valence-corrected chi connectivity index (χ2v) is 7.80. The average molecular weight is 364 g/mol. The second kappa shape index (κ2) is 7.19. The van der Waals surface area contributed by atoms with E-state index in [0.29, 0.717) is 18.8 Å². The normalized spacial score (nSPS) is 23.3. The minimum absolute atomic E-state index is 0.00656. The van der Waals surface area contributed by atoms with Gasteiger partial charge in [0.2, 0.25) is 5.92 Å². The van der Waals surface area contributed by atoms with E-state index in [9.17, 15) is 8.78 Å². The molecule has 7 heteroatoms. The van der Waals surface area contributed by atoms with Gasteiger partial charge in [-0.2, -0.15) is 5.10 Å². The van der Waals surface area contributed by atoms with Crippen LogP contribution in [0.1, 0.15) is 55.8 Å². The van der Waals surface area contributed by atoms with Crippen molar-refractivity contribution in [3.63, 3.8) is 0 Å². The van der Waals surface area contributed by atoms with Crippen LogP contribution < -0.4 is 5.73 Å². The van der Waals surface area contributed by atoms with Crippen LogP contribution in [0.4, 0.5) is 8.78 Å². The van der Waals surface area contributed by atoms with E-state index in [2.05, 4.69) is 10.1 Å². The highest BCUT2D eigenvalue weighted by molar-refractivity contribution is 5.41. The molecule has 2 aromatic heterocycles. The van der Waals surface area contributed by atoms with Crippen molar-refractivity contribution in [1.82, 2.24) is 14.6 Å². The van der Waals surface area contributed by atoms with E-state index in [1.807, 2.05) is 18.5 Å². The Bertz CT molecular complexity index is 747. The average Bonchev–Trinajstić information content (AvgIpc) is 3.05. The standard InChI is InChI=1S/C19H26F2N4O/c20-19(21)5-1-13(2-6-19)9-16-12-25-17(24-16)10-15(11-23-25)18(22)14-3-7-26-8-4-14/h10-14,18H,1-9,22H2. The molecule has 1 aliphatic carbocycles. The summed E-state index contributed by atoms with van der Waals surface area (Å²) in [5, 5.41) is 4.46. The van der Waals surface area contributed by atoms with Gasteiger partial charge in [0.1, 0.15) is 0 Å². The summed E-state index contributed by atoms with van der Waals surface area (Å²) < 4.78 is 33.8. The smallest absolute Gasteiger partial charge is 0.248 e. The molecule has 0 bridgehead atoms. The van der Waals surface area contributed by atoms with Crippen molar-refractivity contribution in [3.8, 4) is 0 Å². The number of halogens is 2. The van der Waals surface area contributed by atoms with Crippen LogP contribution in [0, 0.1) is 11.8 Å². The van der Waals surface area contributed by atoms with Gasteiger partial charge < -0.3 is 10.5 Å². The van der Waals surface area contributed by atoms with E-state index in [-0.39, 0.29) is 24.8 Å². The molecule has 4 rings (SSSR count). The lowest BCUT2D eigenvalue weighted by Crippen LogP contribution is -2.27. The summed E-state index contributed by atoms with van der Waals surface area (Å²) in [6.07, 6.45) is 7.52. The van der Waals surface area contributed by atoms with Crippen LogP contribution in [-0.4, -0.2) is 33.7 Å². The van der Waals surface area contributed by atoms with Gasteiger partial charge in [-0.3, -0.25) is 0 Å². The van der Waals surface area contributed by atoms with Gasteiger partial charge in [0.15, 0.2) is 5.65 Å². The fourth-order valence-corrected chi connectivity index (χ4v) is 4.17. The summed E-state index contributed by atoms with van der Waals surface area (Å²) in [5.74, 6) is -1.79. The maximum absolute atomic E-state index is 13.3. The van der Waals surface area contributed by atoms with E-state index < -0.39 is 5.92 Å². The Morgan fingerprint density at radius 3 is 2.69 bits per heavy atom. The van der Waals surface area contributed by atoms with Gasteiger partial charge in [0.25, 0.3) is 0 Å². The molecular formula is C19H26F2N4O. The van der Waals surface area contributed by atoms with E-state index in [1.165, 1.54) is 0 Å². The first-order valence-corrected chi connectivity index (χ1v) is 9.55. The maximum atomic E-state index is 13.3. The van der Waals surface area contributed by atoms with Crippen LogP contribution >= 0.6 is 0 Å². The number of aromatic nitrogens is 3. The zero-order valence-corrected chi connectivity index (χ0v) is 14.9. The fraction of sp³-hybridized carbons (Fsp3) is 0.684. The van der Waals surface area contributed by atoms with Crippen LogP contribution in [0.25, 0.3) is 5.65 Å². The molecule has 0 amide bonds. The lowest BCUT2D eigenvalue weighted by molar-refractivity contribution is -0.0457. The zero-order chi connectivity index (χ0) is 18.1. The Hall–Kier alpha value is -1.60. The van der Waals surface area contributed by atoms with Gasteiger partial charge in [-0.1, -0.05) is 0 Å². The summed E-state index contributed by atoms with van der Waals surface area (Å²) >= 11 is 0.